The summed E-state index contributed by atoms with van der Waals surface area (Å²) in [7, 11) is 0. The first-order valence-corrected chi connectivity index (χ1v) is 10.2. The number of fused-ring (bicyclic) bond motifs is 1. The van der Waals surface area contributed by atoms with Gasteiger partial charge >= 0.3 is 6.09 Å². The fourth-order valence-corrected chi connectivity index (χ4v) is 4.03. The van der Waals surface area contributed by atoms with E-state index in [9.17, 15) is 4.79 Å². The predicted octanol–water partition coefficient (Wildman–Crippen LogP) is 4.94. The molecule has 0 aliphatic carbocycles. The van der Waals surface area contributed by atoms with Crippen LogP contribution >= 0.6 is 0 Å². The summed E-state index contributed by atoms with van der Waals surface area (Å²) in [4.78, 5) is 19.1. The summed E-state index contributed by atoms with van der Waals surface area (Å²) in [6.45, 7) is 8.13. The average Bonchev–Trinajstić information content (AvgIpc) is 2.99. The van der Waals surface area contributed by atoms with E-state index in [2.05, 4.69) is 43.1 Å². The van der Waals surface area contributed by atoms with Gasteiger partial charge in [-0.05, 0) is 44.6 Å². The first-order chi connectivity index (χ1) is 13.5. The highest BCUT2D eigenvalue weighted by Gasteiger charge is 2.31. The topological polar surface area (TPSA) is 51.7 Å². The number of aromatic nitrogens is 1. The number of nitrogens with zero attached hydrogens (tertiary/aromatic N) is 2. The van der Waals surface area contributed by atoms with Gasteiger partial charge < -0.3 is 14.4 Å². The summed E-state index contributed by atoms with van der Waals surface area (Å²) in [6, 6.07) is 8.33. The minimum Gasteiger partial charge on any atom is -0.408 e. The molecule has 0 N–H and O–H groups in total. The van der Waals surface area contributed by atoms with E-state index in [0.29, 0.717) is 18.3 Å². The zero-order valence-electron chi connectivity index (χ0n) is 16.9. The molecule has 2 aliphatic rings. The van der Waals surface area contributed by atoms with Crippen LogP contribution in [0.25, 0.3) is 0 Å². The van der Waals surface area contributed by atoms with Crippen LogP contribution in [0.2, 0.25) is 0 Å². The van der Waals surface area contributed by atoms with Crippen LogP contribution in [0, 0.1) is 19.8 Å². The Kier molecular flexibility index (Phi) is 5.36. The van der Waals surface area contributed by atoms with E-state index in [1.54, 1.807) is 0 Å². The van der Waals surface area contributed by atoms with Crippen LogP contribution in [0.1, 0.15) is 60.2 Å². The van der Waals surface area contributed by atoms with Gasteiger partial charge in [0.25, 0.3) is 0 Å². The predicted molar refractivity (Wildman–Crippen MR) is 107 cm³/mol. The molecule has 0 saturated carbocycles. The quantitative estimate of drug-likeness (QED) is 0.741. The van der Waals surface area contributed by atoms with Crippen molar-refractivity contribution >= 4 is 6.09 Å². The van der Waals surface area contributed by atoms with Crippen molar-refractivity contribution in [2.24, 2.45) is 5.92 Å². The van der Waals surface area contributed by atoms with Gasteiger partial charge in [-0.25, -0.2) is 4.79 Å². The molecule has 4 rings (SSSR count). The number of hydrogen-bond donors (Lipinski definition) is 0. The molecular formula is C23H28N2O3. The maximum atomic E-state index is 12.8. The number of aryl methyl sites for hydroxylation is 2. The molecule has 5 heteroatoms. The molecule has 0 bridgehead atoms. The first-order valence-electron chi connectivity index (χ1n) is 10.2. The molecular weight excluding hydrogens is 352 g/mol. The molecule has 2 atom stereocenters. The highest BCUT2D eigenvalue weighted by Crippen LogP contribution is 2.41. The highest BCUT2D eigenvalue weighted by atomic mass is 16.6. The fraction of sp³-hybridized carbons (Fsp3) is 0.478. The lowest BCUT2D eigenvalue weighted by atomic mass is 9.99. The summed E-state index contributed by atoms with van der Waals surface area (Å²) >= 11 is 0. The van der Waals surface area contributed by atoms with Gasteiger partial charge in [0.2, 0.25) is 0 Å². The summed E-state index contributed by atoms with van der Waals surface area (Å²) in [5.41, 5.74) is 4.96. The standard InChI is InChI=1S/C23H28N2O3/c1-15-5-4-11-25(12-10-15)23(26)28-21-17(3)24-13-19-20(21)14-27-22(19)18-8-6-16(2)7-9-18/h6-9,13,15,22H,4-5,10-12,14H2,1-3H3. The van der Waals surface area contributed by atoms with Crippen LogP contribution in [-0.4, -0.2) is 29.1 Å². The fourth-order valence-electron chi connectivity index (χ4n) is 4.03. The second-order valence-corrected chi connectivity index (χ2v) is 8.10. The van der Waals surface area contributed by atoms with Gasteiger partial charge in [-0.15, -0.1) is 0 Å². The third kappa shape index (κ3) is 3.76. The Bertz CT molecular complexity index is 863. The smallest absolute Gasteiger partial charge is 0.408 e. The van der Waals surface area contributed by atoms with Crippen molar-refractivity contribution in [1.29, 1.82) is 0 Å². The number of benzene rings is 1. The molecule has 1 aromatic carbocycles. The average molecular weight is 380 g/mol. The number of hydrogen-bond acceptors (Lipinski definition) is 4. The van der Waals surface area contributed by atoms with E-state index in [1.807, 2.05) is 18.0 Å². The normalized spacial score (nSPS) is 21.9. The van der Waals surface area contributed by atoms with Crippen molar-refractivity contribution < 1.29 is 14.3 Å². The summed E-state index contributed by atoms with van der Waals surface area (Å²) in [5.74, 6) is 1.22. The van der Waals surface area contributed by atoms with E-state index < -0.39 is 0 Å². The van der Waals surface area contributed by atoms with Gasteiger partial charge in [0, 0.05) is 30.4 Å². The van der Waals surface area contributed by atoms with Crippen LogP contribution in [-0.2, 0) is 11.3 Å². The number of pyridine rings is 1. The molecule has 0 radical (unpaired) electrons. The Labute approximate surface area is 166 Å². The number of carbonyl (C=O) groups is 1. The zero-order chi connectivity index (χ0) is 19.7. The van der Waals surface area contributed by atoms with Crippen LogP contribution in [0.3, 0.4) is 0 Å². The van der Waals surface area contributed by atoms with E-state index in [4.69, 9.17) is 9.47 Å². The van der Waals surface area contributed by atoms with Gasteiger partial charge in [-0.2, -0.15) is 0 Å². The number of ether oxygens (including phenoxy) is 2. The molecule has 1 amide bonds. The summed E-state index contributed by atoms with van der Waals surface area (Å²) in [6.07, 6.45) is 4.63. The Morgan fingerprint density at radius 3 is 2.75 bits per heavy atom. The van der Waals surface area contributed by atoms with Gasteiger partial charge in [0.1, 0.15) is 6.10 Å². The molecule has 2 aliphatic heterocycles. The van der Waals surface area contributed by atoms with Crippen molar-refractivity contribution in [3.05, 3.63) is 58.4 Å². The van der Waals surface area contributed by atoms with Crippen LogP contribution in [0.5, 0.6) is 5.75 Å². The first kappa shape index (κ1) is 18.9. The SMILES string of the molecule is Cc1ccc(C2OCc3c2cnc(C)c3OC(=O)N2CCCC(C)CC2)cc1. The minimum absolute atomic E-state index is 0.166. The van der Waals surface area contributed by atoms with E-state index in [0.717, 1.165) is 54.7 Å². The van der Waals surface area contributed by atoms with E-state index in [-0.39, 0.29) is 12.2 Å². The third-order valence-electron chi connectivity index (χ3n) is 5.87. The maximum Gasteiger partial charge on any atom is 0.415 e. The van der Waals surface area contributed by atoms with Gasteiger partial charge in [0.15, 0.2) is 5.75 Å². The van der Waals surface area contributed by atoms with Gasteiger partial charge in [0.05, 0.1) is 12.3 Å². The lowest BCUT2D eigenvalue weighted by molar-refractivity contribution is 0.0928. The zero-order valence-corrected chi connectivity index (χ0v) is 16.9. The highest BCUT2D eigenvalue weighted by molar-refractivity contribution is 5.72. The largest absolute Gasteiger partial charge is 0.415 e. The van der Waals surface area contributed by atoms with Gasteiger partial charge in [-0.1, -0.05) is 36.8 Å². The lowest BCUT2D eigenvalue weighted by Gasteiger charge is -2.21. The molecule has 1 aromatic heterocycles. The molecule has 2 aromatic rings. The van der Waals surface area contributed by atoms with Crippen LogP contribution in [0.4, 0.5) is 4.79 Å². The van der Waals surface area contributed by atoms with Crippen LogP contribution in [0.15, 0.2) is 30.5 Å². The monoisotopic (exact) mass is 380 g/mol. The molecule has 1 fully saturated rings. The second-order valence-electron chi connectivity index (χ2n) is 8.10. The van der Waals surface area contributed by atoms with Crippen molar-refractivity contribution in [2.75, 3.05) is 13.1 Å². The molecule has 148 valence electrons. The molecule has 0 spiro atoms. The third-order valence-corrected chi connectivity index (χ3v) is 5.87. The molecule has 5 nitrogen and oxygen atoms in total. The maximum absolute atomic E-state index is 12.8. The lowest BCUT2D eigenvalue weighted by Crippen LogP contribution is -2.34. The van der Waals surface area contributed by atoms with E-state index >= 15 is 0 Å². The second kappa shape index (κ2) is 7.92. The van der Waals surface area contributed by atoms with E-state index in [1.165, 1.54) is 5.56 Å². The number of rotatable bonds is 2. The van der Waals surface area contributed by atoms with Gasteiger partial charge in [-0.3, -0.25) is 4.98 Å². The minimum atomic E-state index is -0.272. The van der Waals surface area contributed by atoms with Crippen molar-refractivity contribution in [2.45, 2.75) is 52.7 Å². The Hall–Kier alpha value is -2.40. The summed E-state index contributed by atoms with van der Waals surface area (Å²) in [5, 5.41) is 0. The molecule has 3 heterocycles. The van der Waals surface area contributed by atoms with Crippen LogP contribution < -0.4 is 4.74 Å². The summed E-state index contributed by atoms with van der Waals surface area (Å²) < 4.78 is 11.9. The molecule has 1 saturated heterocycles. The molecule has 28 heavy (non-hydrogen) atoms. The Morgan fingerprint density at radius 1 is 1.18 bits per heavy atom. The van der Waals surface area contributed by atoms with Crippen molar-refractivity contribution in [3.63, 3.8) is 0 Å². The number of likely N-dealkylation sites (tertiary alicyclic amines) is 1. The number of carbonyl (C=O) groups excluding carboxylic acids is 1. The van der Waals surface area contributed by atoms with Crippen molar-refractivity contribution in [1.82, 2.24) is 9.88 Å². The Balaban J connectivity index is 1.57. The molecule has 2 unspecified atom stereocenters. The van der Waals surface area contributed by atoms with Crippen molar-refractivity contribution in [3.8, 4) is 5.75 Å². The number of amides is 1. The Morgan fingerprint density at radius 2 is 1.96 bits per heavy atom.